The molecule has 3 aliphatic rings. The molecular weight excluding hydrogens is 537 g/mol. The highest BCUT2D eigenvalue weighted by atomic mass is 32.2. The van der Waals surface area contributed by atoms with Crippen LogP contribution in [0.1, 0.15) is 72.6 Å². The fraction of sp³-hybridized carbons (Fsp3) is 0.576. The van der Waals surface area contributed by atoms with Crippen molar-refractivity contribution in [3.63, 3.8) is 0 Å². The minimum absolute atomic E-state index is 0.107. The molecule has 1 heterocycles. The second-order valence-corrected chi connectivity index (χ2v) is 14.1. The third-order valence-electron chi connectivity index (χ3n) is 9.92. The first-order valence-corrected chi connectivity index (χ1v) is 16.7. The molecule has 0 saturated heterocycles. The molecule has 0 aliphatic heterocycles. The van der Waals surface area contributed by atoms with E-state index in [1.54, 1.807) is 0 Å². The molecule has 0 radical (unpaired) electrons. The maximum atomic E-state index is 11.5. The topological polar surface area (TPSA) is 86.2 Å². The van der Waals surface area contributed by atoms with Crippen molar-refractivity contribution in [1.82, 2.24) is 9.97 Å². The highest BCUT2D eigenvalue weighted by Gasteiger charge is 2.57. The number of fused-ring (bicyclic) bond motifs is 3. The van der Waals surface area contributed by atoms with Gasteiger partial charge < -0.3 is 14.6 Å². The number of rotatable bonds is 7. The summed E-state index contributed by atoms with van der Waals surface area (Å²) in [5.74, 6) is 3.27. The quantitative estimate of drug-likeness (QED) is 0.173. The molecule has 5 rings (SSSR count). The van der Waals surface area contributed by atoms with Gasteiger partial charge in [0.2, 0.25) is 0 Å². The summed E-state index contributed by atoms with van der Waals surface area (Å²) in [5, 5.41) is 11.9. The maximum Gasteiger partial charge on any atom is 0.252 e. The summed E-state index contributed by atoms with van der Waals surface area (Å²) in [6.07, 6.45) is 9.79. The van der Waals surface area contributed by atoms with Crippen LogP contribution in [-0.4, -0.2) is 37.2 Å². The molecule has 2 fully saturated rings. The molecule has 40 heavy (non-hydrogen) atoms. The number of aliphatic hydroxyl groups excluding tert-OH is 1. The van der Waals surface area contributed by atoms with Crippen molar-refractivity contribution in [2.75, 3.05) is 11.5 Å². The molecule has 6 unspecified atom stereocenters. The second kappa shape index (κ2) is 13.5. The monoisotopic (exact) mass is 582 g/mol. The standard InChI is InChI=1S/C21H34O2S.C12H12N2OS/c1-5-20(3)13-18(22)19-16(17(20)9-11-24-23)7-6-15-12-14(2)8-10-21(15,19)4;1-2-16-12-13-10(8-11(15)14-12)9-6-4-3-5-7-9/h12,16-19,22-23H,2,5-11,13H2,1,3-4H3;3-8H,2H2,1H3,(H,13,14,15). The van der Waals surface area contributed by atoms with E-state index in [1.807, 2.05) is 37.3 Å². The molecule has 2 saturated carbocycles. The molecule has 2 aromatic rings. The molecule has 6 atom stereocenters. The van der Waals surface area contributed by atoms with E-state index in [1.165, 1.54) is 35.4 Å². The fourth-order valence-corrected chi connectivity index (χ4v) is 8.73. The SMILES string of the molecule is C=C1C=C2CCC3C(CCSO)C(C)(CC)CC(O)C3C2(C)CC1.CCSc1nc(-c2ccccc2)cc(=O)[nH]1. The Kier molecular flexibility index (Phi) is 10.5. The molecule has 3 N–H and O–H groups in total. The van der Waals surface area contributed by atoms with Gasteiger partial charge in [-0.2, -0.15) is 0 Å². The molecule has 7 heteroatoms. The van der Waals surface area contributed by atoms with Crippen molar-refractivity contribution in [2.45, 2.75) is 83.9 Å². The Bertz CT molecular complexity index is 1250. The number of benzene rings is 1. The number of aliphatic hydroxyl groups is 1. The molecule has 1 aromatic carbocycles. The average molecular weight is 583 g/mol. The van der Waals surface area contributed by atoms with Gasteiger partial charge in [-0.15, -0.1) is 0 Å². The number of hydrogen-bond donors (Lipinski definition) is 3. The van der Waals surface area contributed by atoms with Gasteiger partial charge in [-0.25, -0.2) is 4.98 Å². The van der Waals surface area contributed by atoms with E-state index in [0.29, 0.717) is 22.9 Å². The van der Waals surface area contributed by atoms with Gasteiger partial charge >= 0.3 is 0 Å². The Morgan fingerprint density at radius 2 is 1.93 bits per heavy atom. The van der Waals surface area contributed by atoms with Gasteiger partial charge in [0.25, 0.3) is 5.56 Å². The van der Waals surface area contributed by atoms with Crippen LogP contribution in [0.4, 0.5) is 0 Å². The van der Waals surface area contributed by atoms with Crippen LogP contribution in [-0.2, 0) is 0 Å². The van der Waals surface area contributed by atoms with Crippen LogP contribution in [0.15, 0.2) is 70.2 Å². The third kappa shape index (κ3) is 6.64. The summed E-state index contributed by atoms with van der Waals surface area (Å²) in [6, 6.07) is 11.2. The zero-order chi connectivity index (χ0) is 28.9. The summed E-state index contributed by atoms with van der Waals surface area (Å²) in [6.45, 7) is 13.3. The average Bonchev–Trinajstić information content (AvgIpc) is 2.93. The number of nitrogens with zero attached hydrogens (tertiary/aromatic N) is 1. The zero-order valence-electron chi connectivity index (χ0n) is 24.5. The van der Waals surface area contributed by atoms with E-state index in [9.17, 15) is 14.5 Å². The molecule has 0 amide bonds. The van der Waals surface area contributed by atoms with Crippen LogP contribution >= 0.6 is 23.8 Å². The number of aromatic nitrogens is 2. The predicted molar refractivity (Wildman–Crippen MR) is 170 cm³/mol. The lowest BCUT2D eigenvalue weighted by atomic mass is 9.45. The largest absolute Gasteiger partial charge is 0.393 e. The van der Waals surface area contributed by atoms with E-state index in [-0.39, 0.29) is 22.5 Å². The van der Waals surface area contributed by atoms with Gasteiger partial charge in [0.05, 0.1) is 11.8 Å². The van der Waals surface area contributed by atoms with Crippen LogP contribution < -0.4 is 5.56 Å². The molecule has 0 spiro atoms. The summed E-state index contributed by atoms with van der Waals surface area (Å²) >= 11 is 2.51. The summed E-state index contributed by atoms with van der Waals surface area (Å²) in [5.41, 5.74) is 4.72. The predicted octanol–water partition coefficient (Wildman–Crippen LogP) is 8.24. The van der Waals surface area contributed by atoms with Gasteiger partial charge in [-0.1, -0.05) is 100 Å². The summed E-state index contributed by atoms with van der Waals surface area (Å²) in [4.78, 5) is 18.6. The van der Waals surface area contributed by atoms with Crippen LogP contribution in [0.3, 0.4) is 0 Å². The number of nitrogens with one attached hydrogen (secondary N) is 1. The van der Waals surface area contributed by atoms with Gasteiger partial charge in [0.15, 0.2) is 5.16 Å². The normalized spacial score (nSPS) is 31.4. The van der Waals surface area contributed by atoms with E-state index >= 15 is 0 Å². The van der Waals surface area contributed by atoms with Crippen molar-refractivity contribution < 1.29 is 9.66 Å². The number of hydrogen-bond acceptors (Lipinski definition) is 6. The zero-order valence-corrected chi connectivity index (χ0v) is 26.1. The molecule has 1 aromatic heterocycles. The van der Waals surface area contributed by atoms with E-state index in [0.717, 1.165) is 73.3 Å². The Labute approximate surface area is 248 Å². The Hall–Kier alpha value is -1.80. The lowest BCUT2D eigenvalue weighted by molar-refractivity contribution is -0.129. The lowest BCUT2D eigenvalue weighted by Gasteiger charge is -2.60. The molecule has 0 bridgehead atoms. The van der Waals surface area contributed by atoms with Crippen LogP contribution in [0, 0.1) is 28.6 Å². The Morgan fingerprint density at radius 3 is 2.60 bits per heavy atom. The first-order valence-electron chi connectivity index (χ1n) is 14.8. The fourth-order valence-electron chi connectivity index (χ4n) is 7.76. The van der Waals surface area contributed by atoms with Crippen LogP contribution in [0.25, 0.3) is 11.3 Å². The highest BCUT2D eigenvalue weighted by Crippen LogP contribution is 2.63. The smallest absolute Gasteiger partial charge is 0.252 e. The number of H-pyrrole nitrogens is 1. The molecular formula is C33H46N2O3S2. The van der Waals surface area contributed by atoms with Gasteiger partial charge in [0.1, 0.15) is 0 Å². The van der Waals surface area contributed by atoms with Crippen molar-refractivity contribution in [1.29, 1.82) is 0 Å². The van der Waals surface area contributed by atoms with Crippen LogP contribution in [0.2, 0.25) is 0 Å². The van der Waals surface area contributed by atoms with Crippen LogP contribution in [0.5, 0.6) is 0 Å². The number of thioether (sulfide) groups is 1. The highest BCUT2D eigenvalue weighted by molar-refractivity contribution is 7.99. The third-order valence-corrected chi connectivity index (χ3v) is 11.1. The molecule has 218 valence electrons. The minimum atomic E-state index is -0.196. The lowest BCUT2D eigenvalue weighted by Crippen LogP contribution is -2.56. The van der Waals surface area contributed by atoms with Crippen molar-refractivity contribution in [3.05, 3.63) is 70.6 Å². The van der Waals surface area contributed by atoms with E-state index < -0.39 is 0 Å². The van der Waals surface area contributed by atoms with Gasteiger partial charge in [0, 0.05) is 17.4 Å². The van der Waals surface area contributed by atoms with Crippen molar-refractivity contribution in [3.8, 4) is 11.3 Å². The molecule has 3 aliphatic carbocycles. The first-order chi connectivity index (χ1) is 19.1. The summed E-state index contributed by atoms with van der Waals surface area (Å²) < 4.78 is 9.30. The van der Waals surface area contributed by atoms with Crippen molar-refractivity contribution >= 4 is 23.8 Å². The van der Waals surface area contributed by atoms with Gasteiger partial charge in [-0.05, 0) is 84.9 Å². The number of aromatic amines is 1. The first kappa shape index (κ1) is 31.1. The van der Waals surface area contributed by atoms with E-state index in [2.05, 4.69) is 43.4 Å². The molecule has 5 nitrogen and oxygen atoms in total. The minimum Gasteiger partial charge on any atom is -0.393 e. The Morgan fingerprint density at radius 1 is 1.18 bits per heavy atom. The van der Waals surface area contributed by atoms with Gasteiger partial charge in [-0.3, -0.25) is 4.79 Å². The Balaban J connectivity index is 0.000000201. The number of allylic oxidation sites excluding steroid dienone is 3. The second-order valence-electron chi connectivity index (χ2n) is 12.2. The summed E-state index contributed by atoms with van der Waals surface area (Å²) in [7, 11) is 0. The maximum absolute atomic E-state index is 11.5. The van der Waals surface area contributed by atoms with Crippen molar-refractivity contribution in [2.24, 2.45) is 28.6 Å². The van der Waals surface area contributed by atoms with E-state index in [4.69, 9.17) is 0 Å².